The van der Waals surface area contributed by atoms with Crippen molar-refractivity contribution in [2.75, 3.05) is 5.75 Å². The molecule has 0 saturated heterocycles. The van der Waals surface area contributed by atoms with Gasteiger partial charge in [0.25, 0.3) is 0 Å². The van der Waals surface area contributed by atoms with Gasteiger partial charge in [-0.15, -0.1) is 0 Å². The third kappa shape index (κ3) is 12.9. The molecule has 0 aromatic rings. The van der Waals surface area contributed by atoms with Crippen LogP contribution in [0, 0.1) is 0 Å². The van der Waals surface area contributed by atoms with Gasteiger partial charge in [-0.25, -0.2) is 4.79 Å². The molecule has 8 heteroatoms. The van der Waals surface area contributed by atoms with Crippen LogP contribution in [0.15, 0.2) is 0 Å². The Hall–Kier alpha value is 0.873. The van der Waals surface area contributed by atoms with E-state index in [0.717, 1.165) is 0 Å². The third-order valence-electron chi connectivity index (χ3n) is 0.858. The number of carboxylic acids is 1. The van der Waals surface area contributed by atoms with Crippen molar-refractivity contribution in [3.05, 3.63) is 0 Å². The van der Waals surface area contributed by atoms with Crippen molar-refractivity contribution < 1.29 is 70.6 Å². The summed E-state index contributed by atoms with van der Waals surface area (Å²) in [6.45, 7) is 1.26. The van der Waals surface area contributed by atoms with Gasteiger partial charge in [0.1, 0.15) is 6.04 Å². The van der Waals surface area contributed by atoms with Gasteiger partial charge >= 0.3 is 35.5 Å². The van der Waals surface area contributed by atoms with Gasteiger partial charge in [-0.05, 0) is 0 Å². The van der Waals surface area contributed by atoms with E-state index < -0.39 is 12.0 Å². The number of carbonyl (C=O) groups is 2. The first-order valence-corrected chi connectivity index (χ1v) is 3.32. The van der Waals surface area contributed by atoms with E-state index in [-0.39, 0.29) is 67.6 Å². The molecule has 0 saturated carbocycles. The maximum atomic E-state index is 10.3. The summed E-state index contributed by atoms with van der Waals surface area (Å²) in [6.07, 6.45) is 0. The van der Waals surface area contributed by atoms with Crippen LogP contribution >= 0.6 is 12.6 Å². The van der Waals surface area contributed by atoms with Crippen molar-refractivity contribution >= 4 is 24.5 Å². The number of thiol groups is 1. The molecular weight excluding hydrogens is 259 g/mol. The Labute approximate surface area is 118 Å². The zero-order chi connectivity index (χ0) is 8.15. The molecule has 0 aliphatic heterocycles. The van der Waals surface area contributed by atoms with E-state index in [1.165, 1.54) is 6.92 Å². The van der Waals surface area contributed by atoms with Crippen LogP contribution in [0.4, 0.5) is 0 Å². The first-order valence-electron chi connectivity index (χ1n) is 2.68. The SMILES string of the molecule is CC(=O)N[C@@H](CS)C(=O)O.O.[H-].[Na+].[Zn]. The van der Waals surface area contributed by atoms with Crippen molar-refractivity contribution in [3.8, 4) is 0 Å². The molecule has 0 rings (SSSR count). The summed E-state index contributed by atoms with van der Waals surface area (Å²) < 4.78 is 0. The molecule has 13 heavy (non-hydrogen) atoms. The van der Waals surface area contributed by atoms with Crippen LogP contribution in [0.5, 0.6) is 0 Å². The molecule has 0 aromatic heterocycles. The Kier molecular flexibility index (Phi) is 23.4. The number of carboxylic acid groups (broad SMARTS) is 1. The molecule has 0 heterocycles. The van der Waals surface area contributed by atoms with Gasteiger partial charge in [0.05, 0.1) is 0 Å². The van der Waals surface area contributed by atoms with Crippen LogP contribution in [0.1, 0.15) is 8.35 Å². The van der Waals surface area contributed by atoms with Crippen molar-refractivity contribution in [1.29, 1.82) is 0 Å². The standard InChI is InChI=1S/C5H9NO3S.Na.H2O.Zn.H/c1-3(7)6-4(2-10)5(8)9;;;;/h4,10H,2H2,1H3,(H,6,7)(H,8,9);;1H2;;/q;+1;;;-1/t4-;;;;/m0..../s1. The van der Waals surface area contributed by atoms with Crippen LogP contribution in [-0.2, 0) is 29.1 Å². The molecule has 4 N–H and O–H groups in total. The maximum absolute atomic E-state index is 10.3. The molecule has 1 atom stereocenters. The summed E-state index contributed by atoms with van der Waals surface area (Å²) in [5.41, 5.74) is 0. The second-order valence-electron chi connectivity index (χ2n) is 1.77. The molecule has 70 valence electrons. The summed E-state index contributed by atoms with van der Waals surface area (Å²) >= 11 is 3.73. The predicted molar refractivity (Wildman–Crippen MR) is 43.8 cm³/mol. The average molecular weight is 271 g/mol. The topological polar surface area (TPSA) is 97.9 Å². The van der Waals surface area contributed by atoms with Crippen molar-refractivity contribution in [1.82, 2.24) is 5.32 Å². The van der Waals surface area contributed by atoms with Gasteiger partial charge < -0.3 is 17.3 Å². The number of carbonyl (C=O) groups excluding carboxylic acids is 1. The Morgan fingerprint density at radius 2 is 2.00 bits per heavy atom. The predicted octanol–water partition coefficient (Wildman–Crippen LogP) is -4.21. The quantitative estimate of drug-likeness (QED) is 0.358. The number of rotatable bonds is 3. The summed E-state index contributed by atoms with van der Waals surface area (Å²) in [7, 11) is 0. The summed E-state index contributed by atoms with van der Waals surface area (Å²) in [6, 6.07) is -0.874. The second-order valence-corrected chi connectivity index (χ2v) is 2.14. The maximum Gasteiger partial charge on any atom is 1.00 e. The molecule has 1 amide bonds. The van der Waals surface area contributed by atoms with E-state index in [1.54, 1.807) is 0 Å². The monoisotopic (exact) mass is 269 g/mol. The fourth-order valence-electron chi connectivity index (χ4n) is 0.431. The van der Waals surface area contributed by atoms with Gasteiger partial charge in [-0.2, -0.15) is 12.6 Å². The van der Waals surface area contributed by atoms with Gasteiger partial charge in [0, 0.05) is 32.2 Å². The molecular formula is C5H12NNaO4SZn. The van der Waals surface area contributed by atoms with Gasteiger partial charge in [-0.3, -0.25) is 4.79 Å². The summed E-state index contributed by atoms with van der Waals surface area (Å²) in [5, 5.41) is 10.6. The van der Waals surface area contributed by atoms with E-state index in [2.05, 4.69) is 17.9 Å². The molecule has 0 unspecified atom stereocenters. The normalized spacial score (nSPS) is 9.38. The van der Waals surface area contributed by atoms with Gasteiger partial charge in [0.15, 0.2) is 0 Å². The van der Waals surface area contributed by atoms with E-state index in [1.807, 2.05) is 0 Å². The number of hydrogen-bond donors (Lipinski definition) is 3. The average Bonchev–Trinajstić information content (AvgIpc) is 1.81. The fraction of sp³-hybridized carbons (Fsp3) is 0.600. The van der Waals surface area contributed by atoms with E-state index in [9.17, 15) is 9.59 Å². The summed E-state index contributed by atoms with van der Waals surface area (Å²) in [5.74, 6) is -1.32. The number of amides is 1. The Balaban J connectivity index is -0.0000000675. The molecule has 0 radical (unpaired) electrons. The van der Waals surface area contributed by atoms with E-state index in [0.29, 0.717) is 0 Å². The summed E-state index contributed by atoms with van der Waals surface area (Å²) in [4.78, 5) is 20.5. The van der Waals surface area contributed by atoms with Crippen LogP contribution < -0.4 is 34.9 Å². The zero-order valence-corrected chi connectivity index (χ0v) is 13.6. The smallest absolute Gasteiger partial charge is 1.00 e. The molecule has 0 fully saturated rings. The number of aliphatic carboxylic acids is 1. The van der Waals surface area contributed by atoms with Gasteiger partial charge in [-0.1, -0.05) is 0 Å². The molecule has 0 aliphatic carbocycles. The molecule has 0 aromatic carbocycles. The largest absolute Gasteiger partial charge is 1.00 e. The fourth-order valence-corrected chi connectivity index (χ4v) is 0.678. The first kappa shape index (κ1) is 23.6. The third-order valence-corrected chi connectivity index (χ3v) is 1.22. The minimum absolute atomic E-state index is 0. The number of nitrogens with one attached hydrogen (secondary N) is 1. The molecule has 0 spiro atoms. The van der Waals surface area contributed by atoms with Gasteiger partial charge in [0.2, 0.25) is 5.91 Å². The van der Waals surface area contributed by atoms with Crippen molar-refractivity contribution in [2.45, 2.75) is 13.0 Å². The van der Waals surface area contributed by atoms with Crippen LogP contribution in [0.3, 0.4) is 0 Å². The Morgan fingerprint density at radius 3 is 2.08 bits per heavy atom. The molecule has 5 nitrogen and oxygen atoms in total. The second kappa shape index (κ2) is 12.9. The van der Waals surface area contributed by atoms with E-state index >= 15 is 0 Å². The van der Waals surface area contributed by atoms with Crippen molar-refractivity contribution in [2.24, 2.45) is 0 Å². The molecule has 0 bridgehead atoms. The Bertz CT molecular complexity index is 165. The van der Waals surface area contributed by atoms with E-state index in [4.69, 9.17) is 5.11 Å². The molecule has 0 aliphatic rings. The first-order chi connectivity index (χ1) is 4.57. The van der Waals surface area contributed by atoms with Crippen LogP contribution in [-0.4, -0.2) is 34.3 Å². The number of hydrogen-bond acceptors (Lipinski definition) is 3. The van der Waals surface area contributed by atoms with Crippen molar-refractivity contribution in [3.63, 3.8) is 0 Å². The van der Waals surface area contributed by atoms with Crippen LogP contribution in [0.2, 0.25) is 0 Å². The Morgan fingerprint density at radius 1 is 1.62 bits per heavy atom. The zero-order valence-electron chi connectivity index (χ0n) is 8.70. The minimum Gasteiger partial charge on any atom is -1.00 e. The van der Waals surface area contributed by atoms with Crippen LogP contribution in [0.25, 0.3) is 0 Å². The minimum atomic E-state index is -1.06.